The van der Waals surface area contributed by atoms with Crippen LogP contribution in [0, 0.1) is 0 Å². The molecule has 0 spiro atoms. The highest BCUT2D eigenvalue weighted by molar-refractivity contribution is 7.08. The maximum atomic E-state index is 4.62. The van der Waals surface area contributed by atoms with Crippen molar-refractivity contribution in [1.82, 2.24) is 4.68 Å². The van der Waals surface area contributed by atoms with Gasteiger partial charge in [0.05, 0.1) is 11.9 Å². The average molecular weight is 313 g/mol. The molecule has 0 unspecified atom stereocenters. The summed E-state index contributed by atoms with van der Waals surface area (Å²) in [6.07, 6.45) is 1.88. The Hall–Kier alpha value is -1.98. The predicted octanol–water partition coefficient (Wildman–Crippen LogP) is 4.08. The first-order valence-electron chi connectivity index (χ1n) is 6.71. The van der Waals surface area contributed by atoms with Gasteiger partial charge in [0, 0.05) is 23.1 Å². The topological polar surface area (TPSA) is 29.6 Å². The smallest absolute Gasteiger partial charge is 0.206 e. The van der Waals surface area contributed by atoms with Gasteiger partial charge in [-0.2, -0.15) is 16.4 Å². The van der Waals surface area contributed by atoms with Crippen LogP contribution in [0.2, 0.25) is 0 Å². The van der Waals surface area contributed by atoms with Crippen molar-refractivity contribution >= 4 is 28.9 Å². The van der Waals surface area contributed by atoms with E-state index in [0.717, 1.165) is 28.2 Å². The van der Waals surface area contributed by atoms with Crippen molar-refractivity contribution in [3.63, 3.8) is 0 Å². The van der Waals surface area contributed by atoms with Crippen molar-refractivity contribution in [3.8, 4) is 11.3 Å². The summed E-state index contributed by atoms with van der Waals surface area (Å²) in [5.41, 5.74) is 3.33. The van der Waals surface area contributed by atoms with Gasteiger partial charge in [-0.25, -0.2) is 4.68 Å². The SMILES string of the molecule is CCN=c1scc(-c2ccccc2)n1N=Cc1ccsc1. The molecule has 0 fully saturated rings. The molecule has 0 atom stereocenters. The normalized spacial score (nSPS) is 12.3. The second kappa shape index (κ2) is 6.65. The minimum absolute atomic E-state index is 0.753. The van der Waals surface area contributed by atoms with E-state index in [1.807, 2.05) is 36.0 Å². The zero-order valence-corrected chi connectivity index (χ0v) is 13.3. The van der Waals surface area contributed by atoms with E-state index >= 15 is 0 Å². The van der Waals surface area contributed by atoms with Gasteiger partial charge in [0.15, 0.2) is 0 Å². The van der Waals surface area contributed by atoms with E-state index in [2.05, 4.69) is 44.4 Å². The van der Waals surface area contributed by atoms with Crippen LogP contribution in [0.15, 0.2) is 62.6 Å². The van der Waals surface area contributed by atoms with E-state index in [1.165, 1.54) is 0 Å². The van der Waals surface area contributed by atoms with Crippen LogP contribution in [0.3, 0.4) is 0 Å². The van der Waals surface area contributed by atoms with Crippen LogP contribution < -0.4 is 4.80 Å². The molecule has 5 heteroatoms. The van der Waals surface area contributed by atoms with Gasteiger partial charge in [0.1, 0.15) is 0 Å². The average Bonchev–Trinajstić information content (AvgIpc) is 3.16. The number of benzene rings is 1. The molecule has 1 aromatic carbocycles. The fourth-order valence-electron chi connectivity index (χ4n) is 1.93. The molecule has 2 aromatic heterocycles. The maximum Gasteiger partial charge on any atom is 0.206 e. The van der Waals surface area contributed by atoms with Gasteiger partial charge in [-0.1, -0.05) is 30.3 Å². The largest absolute Gasteiger partial charge is 0.258 e. The summed E-state index contributed by atoms with van der Waals surface area (Å²) in [4.78, 5) is 5.44. The molecular weight excluding hydrogens is 298 g/mol. The van der Waals surface area contributed by atoms with Crippen molar-refractivity contribution in [2.45, 2.75) is 6.92 Å². The molecule has 106 valence electrons. The Balaban J connectivity index is 2.08. The fourth-order valence-corrected chi connectivity index (χ4v) is 3.45. The molecule has 0 aliphatic rings. The Bertz CT molecular complexity index is 781. The van der Waals surface area contributed by atoms with Crippen LogP contribution in [0.25, 0.3) is 11.3 Å². The number of hydrogen-bond acceptors (Lipinski definition) is 4. The third kappa shape index (κ3) is 3.20. The third-order valence-corrected chi connectivity index (χ3v) is 4.47. The van der Waals surface area contributed by atoms with Gasteiger partial charge < -0.3 is 0 Å². The molecule has 3 aromatic rings. The molecule has 0 saturated carbocycles. The third-order valence-electron chi connectivity index (χ3n) is 2.91. The number of aromatic nitrogens is 1. The molecule has 3 rings (SSSR count). The van der Waals surface area contributed by atoms with Crippen molar-refractivity contribution in [2.75, 3.05) is 6.54 Å². The molecule has 0 saturated heterocycles. The highest BCUT2D eigenvalue weighted by Crippen LogP contribution is 2.19. The molecule has 21 heavy (non-hydrogen) atoms. The zero-order chi connectivity index (χ0) is 14.5. The zero-order valence-electron chi connectivity index (χ0n) is 11.6. The number of hydrogen-bond donors (Lipinski definition) is 0. The monoisotopic (exact) mass is 313 g/mol. The van der Waals surface area contributed by atoms with Crippen LogP contribution in [0.5, 0.6) is 0 Å². The van der Waals surface area contributed by atoms with Gasteiger partial charge in [-0.15, -0.1) is 11.3 Å². The van der Waals surface area contributed by atoms with E-state index in [0.29, 0.717) is 0 Å². The Morgan fingerprint density at radius 2 is 2.00 bits per heavy atom. The van der Waals surface area contributed by atoms with Gasteiger partial charge >= 0.3 is 0 Å². The molecule has 0 amide bonds. The highest BCUT2D eigenvalue weighted by atomic mass is 32.1. The minimum Gasteiger partial charge on any atom is -0.258 e. The number of nitrogens with zero attached hydrogens (tertiary/aromatic N) is 3. The van der Waals surface area contributed by atoms with E-state index in [-0.39, 0.29) is 0 Å². The van der Waals surface area contributed by atoms with Gasteiger partial charge in [-0.05, 0) is 23.8 Å². The lowest BCUT2D eigenvalue weighted by Crippen LogP contribution is -2.12. The molecule has 0 aliphatic carbocycles. The van der Waals surface area contributed by atoms with Crippen LogP contribution in [0.4, 0.5) is 0 Å². The molecule has 0 aliphatic heterocycles. The quantitative estimate of drug-likeness (QED) is 0.650. The molecule has 2 heterocycles. The van der Waals surface area contributed by atoms with Crippen molar-refractivity contribution in [2.24, 2.45) is 10.1 Å². The molecule has 0 bridgehead atoms. The molecule has 3 nitrogen and oxygen atoms in total. The van der Waals surface area contributed by atoms with Gasteiger partial charge in [0.25, 0.3) is 0 Å². The molecule has 0 N–H and O–H groups in total. The highest BCUT2D eigenvalue weighted by Gasteiger charge is 2.06. The first kappa shape index (κ1) is 14.0. The summed E-state index contributed by atoms with van der Waals surface area (Å²) in [5, 5.41) is 10.9. The van der Waals surface area contributed by atoms with E-state index < -0.39 is 0 Å². The number of rotatable bonds is 4. The van der Waals surface area contributed by atoms with E-state index in [9.17, 15) is 0 Å². The Morgan fingerprint density at radius 3 is 2.71 bits per heavy atom. The van der Waals surface area contributed by atoms with Gasteiger partial charge in [0.2, 0.25) is 4.80 Å². The lowest BCUT2D eigenvalue weighted by atomic mass is 10.2. The summed E-state index contributed by atoms with van der Waals surface area (Å²) in [7, 11) is 0. The lowest BCUT2D eigenvalue weighted by molar-refractivity contribution is 0.833. The number of thiazole rings is 1. The summed E-state index contributed by atoms with van der Waals surface area (Å²) in [5.74, 6) is 0. The van der Waals surface area contributed by atoms with Crippen molar-refractivity contribution < 1.29 is 0 Å². The minimum atomic E-state index is 0.753. The molecular formula is C16H15N3S2. The van der Waals surface area contributed by atoms with E-state index in [1.54, 1.807) is 22.7 Å². The predicted molar refractivity (Wildman–Crippen MR) is 91.2 cm³/mol. The standard InChI is InChI=1S/C16H15N3S2/c1-2-17-16-19(18-10-13-8-9-20-11-13)15(12-21-16)14-6-4-3-5-7-14/h3-12H,2H2,1H3. The second-order valence-electron chi connectivity index (χ2n) is 4.36. The van der Waals surface area contributed by atoms with Crippen LogP contribution in [0.1, 0.15) is 12.5 Å². The van der Waals surface area contributed by atoms with E-state index in [4.69, 9.17) is 0 Å². The lowest BCUT2D eigenvalue weighted by Gasteiger charge is -2.02. The Labute approximate surface area is 131 Å². The maximum absolute atomic E-state index is 4.62. The fraction of sp³-hybridized carbons (Fsp3) is 0.125. The Kier molecular flexibility index (Phi) is 4.43. The first-order valence-corrected chi connectivity index (χ1v) is 8.53. The number of thiophene rings is 1. The van der Waals surface area contributed by atoms with Gasteiger partial charge in [-0.3, -0.25) is 4.99 Å². The summed E-state index contributed by atoms with van der Waals surface area (Å²) in [6, 6.07) is 12.3. The first-order chi connectivity index (χ1) is 10.4. The van der Waals surface area contributed by atoms with Crippen molar-refractivity contribution in [3.05, 3.63) is 62.9 Å². The van der Waals surface area contributed by atoms with Crippen LogP contribution in [-0.4, -0.2) is 17.4 Å². The summed E-state index contributed by atoms with van der Waals surface area (Å²) < 4.78 is 1.92. The van der Waals surface area contributed by atoms with Crippen LogP contribution >= 0.6 is 22.7 Å². The molecule has 0 radical (unpaired) electrons. The van der Waals surface area contributed by atoms with Crippen molar-refractivity contribution in [1.29, 1.82) is 0 Å². The summed E-state index contributed by atoms with van der Waals surface area (Å²) >= 11 is 3.29. The Morgan fingerprint density at radius 1 is 1.14 bits per heavy atom. The van der Waals surface area contributed by atoms with Crippen LogP contribution in [-0.2, 0) is 0 Å². The summed E-state index contributed by atoms with van der Waals surface area (Å²) in [6.45, 7) is 2.79. The second-order valence-corrected chi connectivity index (χ2v) is 5.97.